The minimum Gasteiger partial charge on any atom is -0.405 e. The normalized spacial score (nSPS) is 38.2. The topological polar surface area (TPSA) is 76.5 Å². The highest BCUT2D eigenvalue weighted by molar-refractivity contribution is 8.01. The average molecular weight is 584 g/mol. The molecule has 1 heterocycles. The molecule has 210 valence electrons. The number of para-hydroxylation sites is 1. The van der Waals surface area contributed by atoms with Crippen LogP contribution >= 0.6 is 23.1 Å². The Balaban J connectivity index is 1.32. The SMILES string of the molecule is CC12CCC(=O)C=C1CCC1C2[C@@H](O)CC2(C)C1CC[C@]2(O[Si](C)(C)C)C(=O)CSc1nc2ccccc2s1. The van der Waals surface area contributed by atoms with Gasteiger partial charge in [0.25, 0.3) is 0 Å². The molecule has 0 bridgehead atoms. The van der Waals surface area contributed by atoms with Crippen molar-refractivity contribution in [2.24, 2.45) is 28.6 Å². The molecule has 0 radical (unpaired) electrons. The van der Waals surface area contributed by atoms with Crippen LogP contribution in [0.3, 0.4) is 0 Å². The van der Waals surface area contributed by atoms with E-state index < -0.39 is 25.4 Å². The Morgan fingerprint density at radius 3 is 2.69 bits per heavy atom. The number of thioether (sulfide) groups is 1. The molecule has 1 aromatic carbocycles. The average Bonchev–Trinajstić information content (AvgIpc) is 3.40. The zero-order chi connectivity index (χ0) is 27.8. The molecule has 6 rings (SSSR count). The number of rotatable bonds is 6. The fourth-order valence-corrected chi connectivity index (χ4v) is 12.6. The van der Waals surface area contributed by atoms with Crippen molar-refractivity contribution in [3.05, 3.63) is 35.9 Å². The van der Waals surface area contributed by atoms with Gasteiger partial charge in [-0.15, -0.1) is 11.3 Å². The first-order valence-corrected chi connectivity index (χ1v) is 19.7. The third-order valence-corrected chi connectivity index (χ3v) is 13.7. The molecule has 8 heteroatoms. The van der Waals surface area contributed by atoms with E-state index in [1.807, 2.05) is 24.3 Å². The van der Waals surface area contributed by atoms with Gasteiger partial charge in [-0.2, -0.15) is 0 Å². The Morgan fingerprint density at radius 2 is 1.95 bits per heavy atom. The van der Waals surface area contributed by atoms with Crippen LogP contribution in [0.25, 0.3) is 10.2 Å². The predicted molar refractivity (Wildman–Crippen MR) is 161 cm³/mol. The van der Waals surface area contributed by atoms with E-state index in [2.05, 4.69) is 39.6 Å². The standard InChI is InChI=1S/C31H41NO4S2Si/c1-29-14-12-20(33)16-19(29)10-11-21-22-13-15-31(36-39(3,4)5,30(22,2)17-24(34)27(21)29)26(35)18-37-28-32-23-8-6-7-9-25(23)38-28/h6-9,16,21-22,24,27,34H,10-15,17-18H2,1-5H3/t21?,22?,24-,27?,29?,30?,31-/m0/s1. The van der Waals surface area contributed by atoms with Crippen LogP contribution in [0.2, 0.25) is 19.6 Å². The lowest BCUT2D eigenvalue weighted by molar-refractivity contribution is -0.174. The van der Waals surface area contributed by atoms with E-state index in [1.165, 1.54) is 17.3 Å². The van der Waals surface area contributed by atoms with Gasteiger partial charge < -0.3 is 9.53 Å². The smallest absolute Gasteiger partial charge is 0.185 e. The molecule has 2 aromatic rings. The zero-order valence-corrected chi connectivity index (χ0v) is 26.4. The number of carbonyl (C=O) groups is 2. The molecule has 7 atom stereocenters. The van der Waals surface area contributed by atoms with Crippen molar-refractivity contribution >= 4 is 53.2 Å². The van der Waals surface area contributed by atoms with Crippen molar-refractivity contribution in [2.75, 3.05) is 5.75 Å². The van der Waals surface area contributed by atoms with Crippen LogP contribution in [0.1, 0.15) is 58.8 Å². The number of thiazole rings is 1. The van der Waals surface area contributed by atoms with E-state index in [1.54, 1.807) is 11.3 Å². The van der Waals surface area contributed by atoms with Crippen LogP contribution in [-0.4, -0.2) is 47.4 Å². The number of benzene rings is 1. The second-order valence-electron chi connectivity index (χ2n) is 13.8. The molecular weight excluding hydrogens is 543 g/mol. The summed E-state index contributed by atoms with van der Waals surface area (Å²) in [5.41, 5.74) is 0.797. The van der Waals surface area contributed by atoms with Crippen molar-refractivity contribution in [3.8, 4) is 0 Å². The second-order valence-corrected chi connectivity index (χ2v) is 20.5. The number of aliphatic hydroxyl groups is 1. The van der Waals surface area contributed by atoms with Gasteiger partial charge in [0.05, 0.1) is 22.1 Å². The summed E-state index contributed by atoms with van der Waals surface area (Å²) in [7, 11) is -2.10. The minimum absolute atomic E-state index is 0.130. The van der Waals surface area contributed by atoms with Crippen LogP contribution in [-0.2, 0) is 14.0 Å². The summed E-state index contributed by atoms with van der Waals surface area (Å²) in [6, 6.07) is 8.11. The molecule has 4 aliphatic rings. The highest BCUT2D eigenvalue weighted by Gasteiger charge is 2.69. The highest BCUT2D eigenvalue weighted by atomic mass is 32.2. The van der Waals surface area contributed by atoms with Crippen molar-refractivity contribution in [2.45, 2.75) is 94.5 Å². The summed E-state index contributed by atoms with van der Waals surface area (Å²) in [4.78, 5) is 31.4. The lowest BCUT2D eigenvalue weighted by atomic mass is 9.45. The molecule has 0 aliphatic heterocycles. The van der Waals surface area contributed by atoms with Gasteiger partial charge in [-0.3, -0.25) is 9.59 Å². The predicted octanol–water partition coefficient (Wildman–Crippen LogP) is 7.05. The zero-order valence-electron chi connectivity index (χ0n) is 23.8. The monoisotopic (exact) mass is 583 g/mol. The quantitative estimate of drug-likeness (QED) is 0.290. The van der Waals surface area contributed by atoms with Gasteiger partial charge in [0.15, 0.2) is 24.2 Å². The second kappa shape index (κ2) is 9.62. The fraction of sp³-hybridized carbons (Fsp3) is 0.645. The fourth-order valence-electron chi connectivity index (χ4n) is 9.04. The largest absolute Gasteiger partial charge is 0.405 e. The Morgan fingerprint density at radius 1 is 1.18 bits per heavy atom. The summed E-state index contributed by atoms with van der Waals surface area (Å²) < 4.78 is 9.09. The number of allylic oxidation sites excluding steroid dienone is 1. The first-order chi connectivity index (χ1) is 18.4. The number of hydrogen-bond donors (Lipinski definition) is 1. The van der Waals surface area contributed by atoms with Gasteiger partial charge in [-0.05, 0) is 99.5 Å². The molecule has 4 aliphatic carbocycles. The molecular formula is C31H41NO4S2Si. The Hall–Kier alpha value is -1.32. The first kappa shape index (κ1) is 27.8. The Labute approximate surface area is 241 Å². The number of Topliss-reactive ketones (excluding diaryl/α,β-unsaturated/α-hetero) is 1. The van der Waals surface area contributed by atoms with Crippen molar-refractivity contribution < 1.29 is 19.1 Å². The summed E-state index contributed by atoms with van der Waals surface area (Å²) in [6.45, 7) is 11.1. The maximum Gasteiger partial charge on any atom is 0.185 e. The molecule has 3 saturated carbocycles. The number of nitrogens with zero attached hydrogens (tertiary/aromatic N) is 1. The third kappa shape index (κ3) is 4.44. The van der Waals surface area contributed by atoms with E-state index in [0.29, 0.717) is 30.4 Å². The van der Waals surface area contributed by atoms with Crippen LogP contribution in [0, 0.1) is 28.6 Å². The van der Waals surface area contributed by atoms with E-state index >= 15 is 0 Å². The number of hydrogen-bond acceptors (Lipinski definition) is 7. The maximum atomic E-state index is 14.4. The van der Waals surface area contributed by atoms with Crippen LogP contribution in [0.5, 0.6) is 0 Å². The third-order valence-electron chi connectivity index (χ3n) is 10.5. The summed E-state index contributed by atoms with van der Waals surface area (Å²) in [5.74, 6) is 1.54. The molecule has 0 saturated heterocycles. The van der Waals surface area contributed by atoms with Crippen molar-refractivity contribution in [1.29, 1.82) is 0 Å². The number of ketones is 2. The minimum atomic E-state index is -2.10. The number of carbonyl (C=O) groups excluding carboxylic acids is 2. The number of aliphatic hydroxyl groups excluding tert-OH is 1. The Kier molecular flexibility index (Phi) is 6.86. The van der Waals surface area contributed by atoms with Crippen molar-refractivity contribution in [1.82, 2.24) is 4.98 Å². The summed E-state index contributed by atoms with van der Waals surface area (Å²) in [5, 5.41) is 11.9. The van der Waals surface area contributed by atoms with Gasteiger partial charge in [0, 0.05) is 11.8 Å². The van der Waals surface area contributed by atoms with Crippen molar-refractivity contribution in [3.63, 3.8) is 0 Å². The molecule has 1 aromatic heterocycles. The van der Waals surface area contributed by atoms with Gasteiger partial charge in [0.2, 0.25) is 0 Å². The van der Waals surface area contributed by atoms with Crippen LogP contribution in [0.4, 0.5) is 0 Å². The van der Waals surface area contributed by atoms with Crippen LogP contribution < -0.4 is 0 Å². The van der Waals surface area contributed by atoms with E-state index in [9.17, 15) is 14.7 Å². The summed E-state index contributed by atoms with van der Waals surface area (Å²) in [6.07, 6.45) is 6.95. The van der Waals surface area contributed by atoms with Gasteiger partial charge in [-0.25, -0.2) is 4.98 Å². The molecule has 0 spiro atoms. The highest BCUT2D eigenvalue weighted by Crippen LogP contribution is 2.68. The number of fused-ring (bicyclic) bond motifs is 6. The first-order valence-electron chi connectivity index (χ1n) is 14.5. The molecule has 5 nitrogen and oxygen atoms in total. The number of aromatic nitrogens is 1. The van der Waals surface area contributed by atoms with Crippen LogP contribution in [0.15, 0.2) is 40.3 Å². The van der Waals surface area contributed by atoms with E-state index in [0.717, 1.165) is 46.7 Å². The molecule has 1 N–H and O–H groups in total. The van der Waals surface area contributed by atoms with E-state index in [4.69, 9.17) is 9.41 Å². The lowest BCUT2D eigenvalue weighted by Crippen LogP contribution is -2.64. The molecule has 39 heavy (non-hydrogen) atoms. The summed E-state index contributed by atoms with van der Waals surface area (Å²) >= 11 is 3.17. The van der Waals surface area contributed by atoms with Gasteiger partial charge in [-0.1, -0.05) is 43.3 Å². The molecule has 0 amide bonds. The lowest BCUT2D eigenvalue weighted by Gasteiger charge is -2.61. The van der Waals surface area contributed by atoms with E-state index in [-0.39, 0.29) is 22.9 Å². The van der Waals surface area contributed by atoms with Gasteiger partial charge in [0.1, 0.15) is 5.60 Å². The molecule has 5 unspecified atom stereocenters. The maximum absolute atomic E-state index is 14.4. The molecule has 3 fully saturated rings. The Bertz CT molecular complexity index is 1320. The van der Waals surface area contributed by atoms with Gasteiger partial charge >= 0.3 is 0 Å².